The van der Waals surface area contributed by atoms with Crippen molar-refractivity contribution in [1.29, 1.82) is 0 Å². The lowest BCUT2D eigenvalue weighted by Gasteiger charge is -2.27. The van der Waals surface area contributed by atoms with Gasteiger partial charge in [-0.05, 0) is 12.8 Å². The normalized spacial score (nSPS) is 13.3. The van der Waals surface area contributed by atoms with Crippen molar-refractivity contribution in [3.8, 4) is 0 Å². The van der Waals surface area contributed by atoms with Gasteiger partial charge in [0, 0.05) is 0 Å². The van der Waals surface area contributed by atoms with Crippen molar-refractivity contribution in [2.75, 3.05) is 7.11 Å². The second-order valence-corrected chi connectivity index (χ2v) is 11.3. The van der Waals surface area contributed by atoms with E-state index in [2.05, 4.69) is 16.4 Å². The number of methoxy groups -OCH3 is 1. The third kappa shape index (κ3) is 16.9. The Bertz CT molecular complexity index is 699. The smallest absolute Gasteiger partial charge is 0.460 e. The van der Waals surface area contributed by atoms with Crippen LogP contribution in [0.4, 0.5) is 30.7 Å². The fourth-order valence-electron chi connectivity index (χ4n) is 4.80. The minimum atomic E-state index is -6.68. The van der Waals surface area contributed by atoms with Gasteiger partial charge in [0.05, 0.1) is 7.11 Å². The number of hydrogen-bond acceptors (Lipinski definition) is 4. The van der Waals surface area contributed by atoms with Gasteiger partial charge in [-0.1, -0.05) is 142 Å². The van der Waals surface area contributed by atoms with E-state index in [1.54, 1.807) is 0 Å². The molecule has 0 saturated carbocycles. The zero-order valence-corrected chi connectivity index (χ0v) is 25.6. The van der Waals surface area contributed by atoms with E-state index in [0.29, 0.717) is 6.42 Å². The molecule has 0 aliphatic carbocycles. The van der Waals surface area contributed by atoms with Crippen LogP contribution in [-0.2, 0) is 19.1 Å². The molecule has 250 valence electrons. The monoisotopic (exact) mass is 622 g/mol. The zero-order valence-electron chi connectivity index (χ0n) is 25.6. The molecule has 0 amide bonds. The molecule has 42 heavy (non-hydrogen) atoms. The Morgan fingerprint density at radius 2 is 0.857 bits per heavy atom. The summed E-state index contributed by atoms with van der Waals surface area (Å²) in [4.78, 5) is 23.2. The topological polar surface area (TPSA) is 52.6 Å². The lowest BCUT2D eigenvalue weighted by atomic mass is 10.0. The first-order chi connectivity index (χ1) is 19.8. The van der Waals surface area contributed by atoms with Crippen LogP contribution in [-0.4, -0.2) is 43.2 Å². The van der Waals surface area contributed by atoms with Crippen LogP contribution in [0.15, 0.2) is 0 Å². The molecule has 0 aromatic heterocycles. The van der Waals surface area contributed by atoms with Gasteiger partial charge in [0.2, 0.25) is 0 Å². The Labute approximate surface area is 247 Å². The van der Waals surface area contributed by atoms with E-state index < -0.39 is 36.1 Å². The van der Waals surface area contributed by atoms with E-state index in [4.69, 9.17) is 0 Å². The molecular formula is C31H53F7O4. The van der Waals surface area contributed by atoms with Crippen molar-refractivity contribution in [3.63, 3.8) is 0 Å². The van der Waals surface area contributed by atoms with Gasteiger partial charge in [-0.25, -0.2) is 9.59 Å². The molecule has 0 bridgehead atoms. The minimum absolute atomic E-state index is 0.216. The predicted molar refractivity (Wildman–Crippen MR) is 150 cm³/mol. The lowest BCUT2D eigenvalue weighted by molar-refractivity contribution is -0.349. The lowest BCUT2D eigenvalue weighted by Crippen LogP contribution is -2.57. The highest BCUT2D eigenvalue weighted by molar-refractivity contribution is 5.83. The molecule has 0 aromatic rings. The Morgan fingerprint density at radius 1 is 0.548 bits per heavy atom. The number of carbonyl (C=O) groups excluding carboxylic acids is 2. The summed E-state index contributed by atoms with van der Waals surface area (Å²) in [6, 6.07) is 0. The molecule has 0 fully saturated rings. The summed E-state index contributed by atoms with van der Waals surface area (Å²) < 4.78 is 98.4. The number of alkyl halides is 7. The predicted octanol–water partition coefficient (Wildman–Crippen LogP) is 10.9. The van der Waals surface area contributed by atoms with Gasteiger partial charge in [-0.3, -0.25) is 0 Å². The SMILES string of the molecule is CCCCCCCCCCCCCCCCCCCCCCCCC(OC(=O)C(F)(F)C(F)(F)C(F)(F)F)C(=O)OC. The summed E-state index contributed by atoms with van der Waals surface area (Å²) in [6.45, 7) is 2.24. The van der Waals surface area contributed by atoms with Crippen LogP contribution in [0.25, 0.3) is 0 Å². The van der Waals surface area contributed by atoms with Crippen molar-refractivity contribution >= 4 is 11.9 Å². The minimum Gasteiger partial charge on any atom is -0.466 e. The second kappa shape index (κ2) is 22.9. The third-order valence-electron chi connectivity index (χ3n) is 7.54. The fraction of sp³-hybridized carbons (Fsp3) is 0.935. The molecule has 0 aromatic carbocycles. The van der Waals surface area contributed by atoms with Crippen molar-refractivity contribution in [3.05, 3.63) is 0 Å². The van der Waals surface area contributed by atoms with Crippen molar-refractivity contribution in [1.82, 2.24) is 0 Å². The van der Waals surface area contributed by atoms with Crippen LogP contribution >= 0.6 is 0 Å². The third-order valence-corrected chi connectivity index (χ3v) is 7.54. The van der Waals surface area contributed by atoms with Crippen LogP contribution < -0.4 is 0 Å². The van der Waals surface area contributed by atoms with E-state index >= 15 is 0 Å². The molecule has 0 heterocycles. The van der Waals surface area contributed by atoms with E-state index in [0.717, 1.165) is 39.2 Å². The van der Waals surface area contributed by atoms with E-state index in [-0.39, 0.29) is 12.8 Å². The molecule has 0 radical (unpaired) electrons. The number of ether oxygens (including phenoxy) is 2. The summed E-state index contributed by atoms with van der Waals surface area (Å²) in [5.74, 6) is -17.3. The van der Waals surface area contributed by atoms with Gasteiger partial charge < -0.3 is 9.47 Å². The molecule has 11 heteroatoms. The largest absolute Gasteiger partial charge is 0.466 e. The molecule has 1 unspecified atom stereocenters. The van der Waals surface area contributed by atoms with Crippen LogP contribution in [0.3, 0.4) is 0 Å². The number of carbonyl (C=O) groups is 2. The molecule has 0 N–H and O–H groups in total. The van der Waals surface area contributed by atoms with Crippen molar-refractivity contribution < 1.29 is 49.8 Å². The molecule has 0 aliphatic rings. The number of esters is 2. The molecule has 4 nitrogen and oxygen atoms in total. The quantitative estimate of drug-likeness (QED) is 0.0520. The van der Waals surface area contributed by atoms with Gasteiger partial charge in [0.1, 0.15) is 0 Å². The van der Waals surface area contributed by atoms with Crippen molar-refractivity contribution in [2.45, 2.75) is 179 Å². The maximum Gasteiger partial charge on any atom is 0.460 e. The average molecular weight is 623 g/mol. The Morgan fingerprint density at radius 3 is 1.14 bits per heavy atom. The van der Waals surface area contributed by atoms with Gasteiger partial charge in [0.25, 0.3) is 0 Å². The summed E-state index contributed by atoms with van der Waals surface area (Å²) >= 11 is 0. The Hall–Kier alpha value is -1.55. The first-order valence-electron chi connectivity index (χ1n) is 15.9. The maximum absolute atomic E-state index is 13.5. The number of rotatable bonds is 27. The summed E-state index contributed by atoms with van der Waals surface area (Å²) in [6.07, 6.45) is 16.6. The van der Waals surface area contributed by atoms with E-state index in [9.17, 15) is 40.3 Å². The molecular weight excluding hydrogens is 569 g/mol. The second-order valence-electron chi connectivity index (χ2n) is 11.3. The molecule has 0 rings (SSSR count). The summed E-state index contributed by atoms with van der Waals surface area (Å²) in [7, 11) is 0.852. The highest BCUT2D eigenvalue weighted by Crippen LogP contribution is 2.47. The Balaban J connectivity index is 3.85. The highest BCUT2D eigenvalue weighted by atomic mass is 19.4. The van der Waals surface area contributed by atoms with Gasteiger partial charge in [0.15, 0.2) is 6.10 Å². The number of halogens is 7. The molecule has 0 saturated heterocycles. The van der Waals surface area contributed by atoms with Crippen molar-refractivity contribution in [2.24, 2.45) is 0 Å². The number of hydrogen-bond donors (Lipinski definition) is 0. The van der Waals surface area contributed by atoms with E-state index in [1.807, 2.05) is 0 Å². The maximum atomic E-state index is 13.5. The average Bonchev–Trinajstić information content (AvgIpc) is 2.93. The summed E-state index contributed by atoms with van der Waals surface area (Å²) in [5, 5.41) is 0. The molecule has 0 spiro atoms. The zero-order chi connectivity index (χ0) is 31.9. The van der Waals surface area contributed by atoms with Crippen LogP contribution in [0.2, 0.25) is 0 Å². The molecule has 1 atom stereocenters. The molecule has 0 aliphatic heterocycles. The first kappa shape index (κ1) is 40.5. The Kier molecular flexibility index (Phi) is 22.1. The van der Waals surface area contributed by atoms with Crippen LogP contribution in [0.1, 0.15) is 155 Å². The number of unbranched alkanes of at least 4 members (excludes halogenated alkanes) is 21. The van der Waals surface area contributed by atoms with Crippen LogP contribution in [0, 0.1) is 0 Å². The van der Waals surface area contributed by atoms with Crippen LogP contribution in [0.5, 0.6) is 0 Å². The van der Waals surface area contributed by atoms with Gasteiger partial charge >= 0.3 is 30.0 Å². The fourth-order valence-corrected chi connectivity index (χ4v) is 4.80. The van der Waals surface area contributed by atoms with Gasteiger partial charge in [-0.15, -0.1) is 0 Å². The standard InChI is InChI=1S/C31H53F7O4/c1-3-4-5-6-7-8-9-10-11-12-13-14-15-16-17-18-19-20-21-22-23-24-25-26(27(39)41-2)42-28(40)29(32,33)30(34,35)31(36,37)38/h26H,3-25H2,1-2H3. The van der Waals surface area contributed by atoms with Gasteiger partial charge in [-0.2, -0.15) is 30.7 Å². The first-order valence-corrected chi connectivity index (χ1v) is 15.9. The van der Waals surface area contributed by atoms with E-state index in [1.165, 1.54) is 96.3 Å². The summed E-state index contributed by atoms with van der Waals surface area (Å²) in [5.41, 5.74) is 0. The highest BCUT2D eigenvalue weighted by Gasteiger charge is 2.77.